The van der Waals surface area contributed by atoms with Crippen molar-refractivity contribution < 1.29 is 4.79 Å². The van der Waals surface area contributed by atoms with Crippen molar-refractivity contribution in [2.45, 2.75) is 26.8 Å². The first-order valence-electron chi connectivity index (χ1n) is 6.88. The molecule has 1 amide bonds. The average molecular weight is 353 g/mol. The Kier molecular flexibility index (Phi) is 5.12. The zero-order chi connectivity index (χ0) is 15.9. The SMILES string of the molecule is C.CCC1C(=O)N(C)c2cnc(Cl)nc2N1c1ccc(Cl)cc1. The van der Waals surface area contributed by atoms with Crippen LogP contribution in [0, 0.1) is 0 Å². The van der Waals surface area contributed by atoms with E-state index in [1.54, 1.807) is 30.3 Å². The molecule has 0 saturated heterocycles. The normalized spacial score (nSPS) is 16.9. The molecular formula is C16H18Cl2N4O. The summed E-state index contributed by atoms with van der Waals surface area (Å²) in [6.45, 7) is 1.97. The molecule has 3 rings (SSSR count). The molecule has 0 radical (unpaired) electrons. The third kappa shape index (κ3) is 2.99. The minimum Gasteiger partial charge on any atom is -0.312 e. The van der Waals surface area contributed by atoms with Crippen LogP contribution in [-0.4, -0.2) is 29.0 Å². The number of aromatic nitrogens is 2. The summed E-state index contributed by atoms with van der Waals surface area (Å²) in [6, 6.07) is 6.96. The lowest BCUT2D eigenvalue weighted by atomic mass is 10.1. The number of rotatable bonds is 2. The third-order valence-electron chi connectivity index (χ3n) is 3.73. The van der Waals surface area contributed by atoms with Gasteiger partial charge in [0.2, 0.25) is 11.2 Å². The number of anilines is 3. The Morgan fingerprint density at radius 1 is 1.22 bits per heavy atom. The number of hydrogen-bond donors (Lipinski definition) is 0. The first kappa shape index (κ1) is 17.5. The van der Waals surface area contributed by atoms with Crippen LogP contribution in [0.5, 0.6) is 0 Å². The zero-order valence-electron chi connectivity index (χ0n) is 12.1. The number of fused-ring (bicyclic) bond motifs is 1. The van der Waals surface area contributed by atoms with Gasteiger partial charge in [0, 0.05) is 17.8 Å². The topological polar surface area (TPSA) is 49.3 Å². The second-order valence-electron chi connectivity index (χ2n) is 5.02. The van der Waals surface area contributed by atoms with Crippen molar-refractivity contribution >= 4 is 46.3 Å². The number of halogens is 2. The highest BCUT2D eigenvalue weighted by atomic mass is 35.5. The molecule has 1 aromatic carbocycles. The monoisotopic (exact) mass is 352 g/mol. The van der Waals surface area contributed by atoms with E-state index in [2.05, 4.69) is 9.97 Å². The van der Waals surface area contributed by atoms with E-state index < -0.39 is 0 Å². The highest BCUT2D eigenvalue weighted by molar-refractivity contribution is 6.30. The van der Waals surface area contributed by atoms with Crippen LogP contribution in [0.1, 0.15) is 20.8 Å². The van der Waals surface area contributed by atoms with Gasteiger partial charge >= 0.3 is 0 Å². The maximum atomic E-state index is 12.6. The molecule has 7 heteroatoms. The molecule has 2 aromatic rings. The van der Waals surface area contributed by atoms with E-state index in [0.29, 0.717) is 22.9 Å². The lowest BCUT2D eigenvalue weighted by Crippen LogP contribution is -2.50. The second kappa shape index (κ2) is 6.72. The van der Waals surface area contributed by atoms with Crippen LogP contribution < -0.4 is 9.80 Å². The van der Waals surface area contributed by atoms with Gasteiger partial charge in [0.15, 0.2) is 5.82 Å². The first-order chi connectivity index (χ1) is 10.5. The predicted octanol–water partition coefficient (Wildman–Crippen LogP) is 4.31. The van der Waals surface area contributed by atoms with Gasteiger partial charge in [-0.25, -0.2) is 4.98 Å². The largest absolute Gasteiger partial charge is 0.312 e. The molecule has 2 heterocycles. The fourth-order valence-electron chi connectivity index (χ4n) is 2.62. The standard InChI is InChI=1S/C15H14Cl2N4O.CH4/c1-3-11-14(22)20(2)12-8-18-15(17)19-13(12)21(11)10-6-4-9(16)5-7-10;/h4-8,11H,3H2,1-2H3;1H4. The van der Waals surface area contributed by atoms with Crippen molar-refractivity contribution in [1.82, 2.24) is 9.97 Å². The molecule has 122 valence electrons. The van der Waals surface area contributed by atoms with E-state index in [9.17, 15) is 4.79 Å². The zero-order valence-corrected chi connectivity index (χ0v) is 13.6. The van der Waals surface area contributed by atoms with Crippen molar-refractivity contribution in [3.63, 3.8) is 0 Å². The maximum Gasteiger partial charge on any atom is 0.250 e. The van der Waals surface area contributed by atoms with Gasteiger partial charge in [-0.2, -0.15) is 4.98 Å². The van der Waals surface area contributed by atoms with E-state index >= 15 is 0 Å². The van der Waals surface area contributed by atoms with Gasteiger partial charge in [-0.15, -0.1) is 0 Å². The van der Waals surface area contributed by atoms with Crippen LogP contribution in [0.15, 0.2) is 30.5 Å². The second-order valence-corrected chi connectivity index (χ2v) is 5.79. The number of nitrogens with zero attached hydrogens (tertiary/aromatic N) is 4. The van der Waals surface area contributed by atoms with Gasteiger partial charge in [-0.3, -0.25) is 4.79 Å². The highest BCUT2D eigenvalue weighted by Crippen LogP contribution is 2.39. The molecule has 1 aromatic heterocycles. The Labute approximate surface area is 145 Å². The lowest BCUT2D eigenvalue weighted by molar-refractivity contribution is -0.119. The van der Waals surface area contributed by atoms with E-state index in [1.165, 1.54) is 0 Å². The average Bonchev–Trinajstić information content (AvgIpc) is 2.51. The molecule has 0 aliphatic carbocycles. The molecule has 1 aliphatic rings. The Hall–Kier alpha value is -1.85. The molecule has 0 spiro atoms. The summed E-state index contributed by atoms with van der Waals surface area (Å²) < 4.78 is 0. The number of carbonyl (C=O) groups is 1. The van der Waals surface area contributed by atoms with E-state index in [-0.39, 0.29) is 24.7 Å². The van der Waals surface area contributed by atoms with Gasteiger partial charge in [-0.1, -0.05) is 26.0 Å². The van der Waals surface area contributed by atoms with Crippen LogP contribution in [0.3, 0.4) is 0 Å². The molecule has 1 unspecified atom stereocenters. The van der Waals surface area contributed by atoms with Crippen LogP contribution in [0.2, 0.25) is 10.3 Å². The number of carbonyl (C=O) groups excluding carboxylic acids is 1. The quantitative estimate of drug-likeness (QED) is 0.755. The summed E-state index contributed by atoms with van der Waals surface area (Å²) in [5.41, 5.74) is 1.47. The Bertz CT molecular complexity index is 721. The fourth-order valence-corrected chi connectivity index (χ4v) is 2.88. The summed E-state index contributed by atoms with van der Waals surface area (Å²) in [7, 11) is 1.72. The summed E-state index contributed by atoms with van der Waals surface area (Å²) in [5, 5.41) is 0.786. The number of amides is 1. The van der Waals surface area contributed by atoms with E-state index in [4.69, 9.17) is 23.2 Å². The predicted molar refractivity (Wildman–Crippen MR) is 94.9 cm³/mol. The molecule has 0 saturated carbocycles. The maximum absolute atomic E-state index is 12.6. The summed E-state index contributed by atoms with van der Waals surface area (Å²) in [6.07, 6.45) is 2.21. The molecule has 0 bridgehead atoms. The van der Waals surface area contributed by atoms with Gasteiger partial charge in [-0.05, 0) is 42.3 Å². The van der Waals surface area contributed by atoms with Crippen molar-refractivity contribution in [3.8, 4) is 0 Å². The Morgan fingerprint density at radius 3 is 2.48 bits per heavy atom. The highest BCUT2D eigenvalue weighted by Gasteiger charge is 2.37. The van der Waals surface area contributed by atoms with Gasteiger partial charge < -0.3 is 9.80 Å². The minimum atomic E-state index is -0.343. The van der Waals surface area contributed by atoms with Crippen LogP contribution >= 0.6 is 23.2 Å². The molecular weight excluding hydrogens is 335 g/mol. The molecule has 0 fully saturated rings. The molecule has 23 heavy (non-hydrogen) atoms. The third-order valence-corrected chi connectivity index (χ3v) is 4.16. The van der Waals surface area contributed by atoms with Gasteiger partial charge in [0.05, 0.1) is 6.20 Å². The summed E-state index contributed by atoms with van der Waals surface area (Å²) >= 11 is 11.9. The van der Waals surface area contributed by atoms with Crippen molar-refractivity contribution in [3.05, 3.63) is 40.8 Å². The van der Waals surface area contributed by atoms with E-state index in [0.717, 1.165) is 5.69 Å². The summed E-state index contributed by atoms with van der Waals surface area (Å²) in [4.78, 5) is 24.4. The number of hydrogen-bond acceptors (Lipinski definition) is 4. The molecule has 5 nitrogen and oxygen atoms in total. The van der Waals surface area contributed by atoms with E-state index in [1.807, 2.05) is 24.0 Å². The fraction of sp³-hybridized carbons (Fsp3) is 0.312. The van der Waals surface area contributed by atoms with Crippen molar-refractivity contribution in [2.24, 2.45) is 0 Å². The van der Waals surface area contributed by atoms with Crippen LogP contribution in [0.25, 0.3) is 0 Å². The van der Waals surface area contributed by atoms with Crippen LogP contribution in [-0.2, 0) is 4.79 Å². The molecule has 1 aliphatic heterocycles. The Morgan fingerprint density at radius 2 is 1.87 bits per heavy atom. The van der Waals surface area contributed by atoms with Crippen LogP contribution in [0.4, 0.5) is 17.2 Å². The molecule has 0 N–H and O–H groups in total. The Balaban J connectivity index is 0.00000192. The van der Waals surface area contributed by atoms with Crippen molar-refractivity contribution in [2.75, 3.05) is 16.8 Å². The van der Waals surface area contributed by atoms with Crippen molar-refractivity contribution in [1.29, 1.82) is 0 Å². The number of likely N-dealkylation sites (N-methyl/N-ethyl adjacent to an activating group) is 1. The minimum absolute atomic E-state index is 0. The first-order valence-corrected chi connectivity index (χ1v) is 7.63. The lowest BCUT2D eigenvalue weighted by Gasteiger charge is -2.40. The number of benzene rings is 1. The molecule has 1 atom stereocenters. The smallest absolute Gasteiger partial charge is 0.250 e. The summed E-state index contributed by atoms with van der Waals surface area (Å²) in [5.74, 6) is 0.618. The van der Waals surface area contributed by atoms with Gasteiger partial charge in [0.25, 0.3) is 0 Å². The van der Waals surface area contributed by atoms with Gasteiger partial charge in [0.1, 0.15) is 11.7 Å².